The molecule has 0 aliphatic heterocycles. The molecule has 0 bridgehead atoms. The second-order valence-electron chi connectivity index (χ2n) is 3.02. The first-order chi connectivity index (χ1) is 7.19. The summed E-state index contributed by atoms with van der Waals surface area (Å²) in [5, 5.41) is 0. The summed E-state index contributed by atoms with van der Waals surface area (Å²) in [5.41, 5.74) is 0.733. The molecule has 15 heavy (non-hydrogen) atoms. The summed E-state index contributed by atoms with van der Waals surface area (Å²) in [6.45, 7) is 0. The Bertz CT molecular complexity index is 352. The van der Waals surface area contributed by atoms with Gasteiger partial charge >= 0.3 is 0 Å². The lowest BCUT2D eigenvalue weighted by molar-refractivity contribution is 0.0989. The Morgan fingerprint density at radius 2 is 2.27 bits per heavy atom. The maximum absolute atomic E-state index is 11.7. The number of carbonyl (C=O) groups is 1. The number of halogens is 1. The third-order valence-electron chi connectivity index (χ3n) is 2.01. The van der Waals surface area contributed by atoms with Gasteiger partial charge < -0.3 is 4.74 Å². The zero-order valence-corrected chi connectivity index (χ0v) is 11.2. The van der Waals surface area contributed by atoms with Crippen molar-refractivity contribution in [1.82, 2.24) is 0 Å². The van der Waals surface area contributed by atoms with E-state index in [-0.39, 0.29) is 5.78 Å². The van der Waals surface area contributed by atoms with Crippen molar-refractivity contribution in [3.63, 3.8) is 0 Å². The molecule has 4 heteroatoms. The number of benzene rings is 1. The first kappa shape index (κ1) is 12.6. The number of ether oxygens (including phenoxy) is 1. The van der Waals surface area contributed by atoms with E-state index in [0.29, 0.717) is 6.42 Å². The van der Waals surface area contributed by atoms with Crippen molar-refractivity contribution >= 4 is 33.5 Å². The van der Waals surface area contributed by atoms with Crippen LogP contribution < -0.4 is 4.74 Å². The quantitative estimate of drug-likeness (QED) is 0.777. The zero-order chi connectivity index (χ0) is 11.3. The Labute approximate surface area is 103 Å². The lowest BCUT2D eigenvalue weighted by atomic mass is 10.1. The summed E-state index contributed by atoms with van der Waals surface area (Å²) in [7, 11) is 1.61. The van der Waals surface area contributed by atoms with Crippen LogP contribution >= 0.6 is 27.7 Å². The van der Waals surface area contributed by atoms with Gasteiger partial charge in [0.25, 0.3) is 0 Å². The van der Waals surface area contributed by atoms with Crippen LogP contribution in [0.2, 0.25) is 0 Å². The molecule has 0 saturated carbocycles. The van der Waals surface area contributed by atoms with Crippen molar-refractivity contribution in [2.24, 2.45) is 0 Å². The number of carbonyl (C=O) groups excluding carboxylic acids is 1. The smallest absolute Gasteiger partial charge is 0.163 e. The molecule has 0 atom stereocenters. The molecule has 0 fully saturated rings. The molecule has 0 aromatic heterocycles. The first-order valence-corrected chi connectivity index (χ1v) is 6.73. The number of hydrogen-bond donors (Lipinski definition) is 0. The van der Waals surface area contributed by atoms with Gasteiger partial charge in [0.15, 0.2) is 5.78 Å². The second kappa shape index (κ2) is 6.18. The van der Waals surface area contributed by atoms with E-state index in [1.807, 2.05) is 12.3 Å². The molecule has 0 amide bonds. The minimum absolute atomic E-state index is 0.174. The highest BCUT2D eigenvalue weighted by Crippen LogP contribution is 2.26. The lowest BCUT2D eigenvalue weighted by Crippen LogP contribution is -2.00. The summed E-state index contributed by atoms with van der Waals surface area (Å²) in [4.78, 5) is 11.7. The van der Waals surface area contributed by atoms with Gasteiger partial charge in [-0.25, -0.2) is 0 Å². The SMILES string of the molecule is COc1ccc(C(=O)CCSC)cc1Br. The standard InChI is InChI=1S/C11H13BrO2S/c1-14-11-4-3-8(7-9(11)12)10(13)5-6-15-2/h3-4,7H,5-6H2,1-2H3. The molecule has 82 valence electrons. The van der Waals surface area contributed by atoms with Gasteiger partial charge in [0.2, 0.25) is 0 Å². The minimum atomic E-state index is 0.174. The molecule has 0 aliphatic carbocycles. The molecular weight excluding hydrogens is 276 g/mol. The number of rotatable bonds is 5. The first-order valence-electron chi connectivity index (χ1n) is 4.54. The summed E-state index contributed by atoms with van der Waals surface area (Å²) in [6.07, 6.45) is 2.58. The molecule has 0 N–H and O–H groups in total. The highest BCUT2D eigenvalue weighted by atomic mass is 79.9. The third-order valence-corrected chi connectivity index (χ3v) is 3.24. The van der Waals surface area contributed by atoms with Crippen molar-refractivity contribution in [2.75, 3.05) is 19.1 Å². The van der Waals surface area contributed by atoms with Gasteiger partial charge in [-0.1, -0.05) is 0 Å². The predicted molar refractivity (Wildman–Crippen MR) is 68.0 cm³/mol. The van der Waals surface area contributed by atoms with Crippen LogP contribution in [0.1, 0.15) is 16.8 Å². The summed E-state index contributed by atoms with van der Waals surface area (Å²) < 4.78 is 5.92. The number of ketones is 1. The Balaban J connectivity index is 2.78. The molecule has 0 heterocycles. The van der Waals surface area contributed by atoms with Crippen molar-refractivity contribution in [3.05, 3.63) is 28.2 Å². The largest absolute Gasteiger partial charge is 0.496 e. The lowest BCUT2D eigenvalue weighted by Gasteiger charge is -2.05. The van der Waals surface area contributed by atoms with E-state index >= 15 is 0 Å². The van der Waals surface area contributed by atoms with Gasteiger partial charge in [-0.05, 0) is 40.4 Å². The summed E-state index contributed by atoms with van der Waals surface area (Å²) >= 11 is 5.04. The maximum Gasteiger partial charge on any atom is 0.163 e. The van der Waals surface area contributed by atoms with Crippen LogP contribution in [0.25, 0.3) is 0 Å². The average Bonchev–Trinajstić information content (AvgIpc) is 2.25. The van der Waals surface area contributed by atoms with Crippen molar-refractivity contribution in [2.45, 2.75) is 6.42 Å². The topological polar surface area (TPSA) is 26.3 Å². The van der Waals surface area contributed by atoms with E-state index in [4.69, 9.17) is 4.74 Å². The molecule has 0 unspecified atom stereocenters. The van der Waals surface area contributed by atoms with Crippen molar-refractivity contribution in [3.8, 4) is 5.75 Å². The van der Waals surface area contributed by atoms with Crippen molar-refractivity contribution < 1.29 is 9.53 Å². The van der Waals surface area contributed by atoms with Crippen LogP contribution in [-0.4, -0.2) is 24.9 Å². The van der Waals surface area contributed by atoms with Crippen molar-refractivity contribution in [1.29, 1.82) is 0 Å². The van der Waals surface area contributed by atoms with Gasteiger partial charge in [0.05, 0.1) is 11.6 Å². The van der Waals surface area contributed by atoms with Crippen LogP contribution in [0.15, 0.2) is 22.7 Å². The Kier molecular flexibility index (Phi) is 5.19. The van der Waals surface area contributed by atoms with Gasteiger partial charge in [-0.2, -0.15) is 11.8 Å². The Hall–Kier alpha value is -0.480. The Morgan fingerprint density at radius 3 is 2.80 bits per heavy atom. The van der Waals surface area contributed by atoms with E-state index < -0.39 is 0 Å². The predicted octanol–water partition coefficient (Wildman–Crippen LogP) is 3.39. The molecule has 0 saturated heterocycles. The van der Waals surface area contributed by atoms with Gasteiger partial charge in [-0.3, -0.25) is 4.79 Å². The normalized spacial score (nSPS) is 10.1. The molecule has 1 rings (SSSR count). The fourth-order valence-electron chi connectivity index (χ4n) is 1.18. The number of Topliss-reactive ketones (excluding diaryl/α,β-unsaturated/α-hetero) is 1. The van der Waals surface area contributed by atoms with Gasteiger partial charge in [-0.15, -0.1) is 0 Å². The van der Waals surface area contributed by atoms with E-state index in [2.05, 4.69) is 15.9 Å². The zero-order valence-electron chi connectivity index (χ0n) is 8.75. The van der Waals surface area contributed by atoms with Gasteiger partial charge in [0.1, 0.15) is 5.75 Å². The minimum Gasteiger partial charge on any atom is -0.496 e. The molecular formula is C11H13BrO2S. The maximum atomic E-state index is 11.7. The Morgan fingerprint density at radius 1 is 1.53 bits per heavy atom. The molecule has 2 nitrogen and oxygen atoms in total. The van der Waals surface area contributed by atoms with E-state index in [9.17, 15) is 4.79 Å². The average molecular weight is 289 g/mol. The third kappa shape index (κ3) is 3.54. The number of thioether (sulfide) groups is 1. The molecule has 0 aliphatic rings. The van der Waals surface area contributed by atoms with Crippen LogP contribution in [0, 0.1) is 0 Å². The van der Waals surface area contributed by atoms with Crippen LogP contribution in [-0.2, 0) is 0 Å². The molecule has 0 radical (unpaired) electrons. The summed E-state index contributed by atoms with van der Waals surface area (Å²) in [5.74, 6) is 1.78. The van der Waals surface area contributed by atoms with E-state index in [1.165, 1.54) is 0 Å². The highest BCUT2D eigenvalue weighted by molar-refractivity contribution is 9.10. The molecule has 0 spiro atoms. The fourth-order valence-corrected chi connectivity index (χ4v) is 2.11. The van der Waals surface area contributed by atoms with E-state index in [0.717, 1.165) is 21.5 Å². The second-order valence-corrected chi connectivity index (χ2v) is 4.86. The van der Waals surface area contributed by atoms with Crippen LogP contribution in [0.4, 0.5) is 0 Å². The van der Waals surface area contributed by atoms with E-state index in [1.54, 1.807) is 31.0 Å². The molecule has 1 aromatic rings. The van der Waals surface area contributed by atoms with Crippen LogP contribution in [0.5, 0.6) is 5.75 Å². The van der Waals surface area contributed by atoms with Gasteiger partial charge in [0, 0.05) is 17.7 Å². The number of methoxy groups -OCH3 is 1. The van der Waals surface area contributed by atoms with Crippen LogP contribution in [0.3, 0.4) is 0 Å². The fraction of sp³-hybridized carbons (Fsp3) is 0.364. The highest BCUT2D eigenvalue weighted by Gasteiger charge is 2.08. The summed E-state index contributed by atoms with van der Waals surface area (Å²) in [6, 6.07) is 5.41. The monoisotopic (exact) mass is 288 g/mol. The number of hydrogen-bond acceptors (Lipinski definition) is 3. The molecule has 1 aromatic carbocycles.